The second-order valence-corrected chi connectivity index (χ2v) is 7.46. The van der Waals surface area contributed by atoms with Crippen molar-refractivity contribution < 1.29 is 12.8 Å². The predicted molar refractivity (Wildman–Crippen MR) is 83.3 cm³/mol. The van der Waals surface area contributed by atoms with E-state index in [4.69, 9.17) is 5.73 Å². The van der Waals surface area contributed by atoms with Crippen molar-refractivity contribution in [1.82, 2.24) is 4.72 Å². The first kappa shape index (κ1) is 15.9. The Morgan fingerprint density at radius 3 is 2.71 bits per heavy atom. The normalized spacial score (nSPS) is 11.8. The molecule has 0 aliphatic rings. The summed E-state index contributed by atoms with van der Waals surface area (Å²) >= 11 is 1.51. The number of halogens is 1. The van der Waals surface area contributed by atoms with Gasteiger partial charge in [0.1, 0.15) is 5.82 Å². The van der Waals surface area contributed by atoms with Gasteiger partial charge in [0.2, 0.25) is 10.0 Å². The Kier molecular flexibility index (Phi) is 4.65. The van der Waals surface area contributed by atoms with Gasteiger partial charge in [-0.15, -0.1) is 11.3 Å². The molecule has 0 atom stereocenters. The van der Waals surface area contributed by atoms with Crippen molar-refractivity contribution in [2.24, 2.45) is 0 Å². The number of nitrogen functional groups attached to an aromatic ring is 1. The number of thiophene rings is 1. The molecule has 0 fully saturated rings. The summed E-state index contributed by atoms with van der Waals surface area (Å²) in [6.45, 7) is 3.72. The van der Waals surface area contributed by atoms with Gasteiger partial charge in [0, 0.05) is 11.4 Å². The fraction of sp³-hybridized carbons (Fsp3) is 0.286. The van der Waals surface area contributed by atoms with Crippen LogP contribution < -0.4 is 10.5 Å². The Labute approximate surface area is 127 Å². The van der Waals surface area contributed by atoms with Crippen LogP contribution in [0.4, 0.5) is 10.1 Å². The van der Waals surface area contributed by atoms with Crippen molar-refractivity contribution in [3.8, 4) is 0 Å². The van der Waals surface area contributed by atoms with E-state index in [0.29, 0.717) is 0 Å². The Bertz CT molecular complexity index is 731. The highest BCUT2D eigenvalue weighted by Crippen LogP contribution is 2.22. The number of benzene rings is 1. The van der Waals surface area contributed by atoms with Crippen molar-refractivity contribution in [2.75, 3.05) is 5.73 Å². The quantitative estimate of drug-likeness (QED) is 0.829. The summed E-state index contributed by atoms with van der Waals surface area (Å²) in [6.07, 6.45) is 0.850. The second-order valence-electron chi connectivity index (χ2n) is 4.69. The number of nitrogens with one attached hydrogen (secondary N) is 1. The van der Waals surface area contributed by atoms with Crippen LogP contribution in [0.2, 0.25) is 0 Å². The van der Waals surface area contributed by atoms with E-state index in [1.165, 1.54) is 24.3 Å². The first-order chi connectivity index (χ1) is 9.85. The van der Waals surface area contributed by atoms with Crippen molar-refractivity contribution in [2.45, 2.75) is 31.7 Å². The van der Waals surface area contributed by atoms with Crippen LogP contribution in [0.5, 0.6) is 0 Å². The second kappa shape index (κ2) is 6.13. The number of aryl methyl sites for hydroxylation is 2. The molecule has 2 aromatic rings. The zero-order valence-corrected chi connectivity index (χ0v) is 13.4. The summed E-state index contributed by atoms with van der Waals surface area (Å²) in [4.78, 5) is 0.960. The summed E-state index contributed by atoms with van der Waals surface area (Å²) < 4.78 is 40.5. The number of rotatable bonds is 5. The van der Waals surface area contributed by atoms with Crippen molar-refractivity contribution >= 4 is 27.0 Å². The minimum Gasteiger partial charge on any atom is -0.396 e. The molecule has 0 unspecified atom stereocenters. The molecule has 3 N–H and O–H groups in total. The van der Waals surface area contributed by atoms with Gasteiger partial charge in [-0.3, -0.25) is 0 Å². The summed E-state index contributed by atoms with van der Waals surface area (Å²) in [5.74, 6) is -0.583. The van der Waals surface area contributed by atoms with Gasteiger partial charge >= 0.3 is 0 Å². The first-order valence-corrected chi connectivity index (χ1v) is 8.82. The van der Waals surface area contributed by atoms with E-state index >= 15 is 0 Å². The third-order valence-corrected chi connectivity index (χ3v) is 5.55. The van der Waals surface area contributed by atoms with E-state index in [-0.39, 0.29) is 22.7 Å². The first-order valence-electron chi connectivity index (χ1n) is 6.45. The van der Waals surface area contributed by atoms with Gasteiger partial charge in [0.15, 0.2) is 0 Å². The van der Waals surface area contributed by atoms with Gasteiger partial charge in [-0.2, -0.15) is 0 Å². The molecule has 0 spiro atoms. The zero-order valence-electron chi connectivity index (χ0n) is 11.8. The van der Waals surface area contributed by atoms with Gasteiger partial charge in [0.25, 0.3) is 0 Å². The molecule has 1 heterocycles. The van der Waals surface area contributed by atoms with Crippen LogP contribution in [0, 0.1) is 12.7 Å². The van der Waals surface area contributed by atoms with Crippen molar-refractivity contribution in [1.29, 1.82) is 0 Å². The summed E-state index contributed by atoms with van der Waals surface area (Å²) in [6, 6.07) is 4.40. The van der Waals surface area contributed by atoms with Crippen molar-refractivity contribution in [3.05, 3.63) is 45.4 Å². The van der Waals surface area contributed by atoms with E-state index in [0.717, 1.165) is 22.9 Å². The van der Waals surface area contributed by atoms with E-state index in [1.807, 2.05) is 18.4 Å². The number of nitrogens with two attached hydrogens (primary N) is 1. The lowest BCUT2D eigenvalue weighted by atomic mass is 10.2. The number of anilines is 1. The summed E-state index contributed by atoms with van der Waals surface area (Å²) in [5, 5.41) is 1.93. The van der Waals surface area contributed by atoms with E-state index < -0.39 is 15.8 Å². The molecule has 0 bridgehead atoms. The van der Waals surface area contributed by atoms with Crippen LogP contribution in [0.25, 0.3) is 0 Å². The molecule has 21 heavy (non-hydrogen) atoms. The molecule has 0 radical (unpaired) electrons. The average Bonchev–Trinajstić information content (AvgIpc) is 2.89. The van der Waals surface area contributed by atoms with Crippen LogP contribution in [-0.2, 0) is 23.0 Å². The maximum absolute atomic E-state index is 13.5. The molecule has 0 aliphatic heterocycles. The number of sulfonamides is 1. The van der Waals surface area contributed by atoms with Gasteiger partial charge in [0.05, 0.1) is 10.6 Å². The Morgan fingerprint density at radius 1 is 1.38 bits per heavy atom. The molecule has 0 saturated heterocycles. The minimum absolute atomic E-state index is 0.0199. The largest absolute Gasteiger partial charge is 0.396 e. The standard InChI is InChI=1S/C14H17FN2O2S2/c1-3-10-4-5-20-13(10)8-17-21(18,19)11-6-9(2)14(15)12(16)7-11/h4-7,17H,3,8,16H2,1-2H3. The van der Waals surface area contributed by atoms with Crippen LogP contribution in [0.3, 0.4) is 0 Å². The molecule has 1 aromatic heterocycles. The van der Waals surface area contributed by atoms with E-state index in [1.54, 1.807) is 0 Å². The monoisotopic (exact) mass is 328 g/mol. The SMILES string of the molecule is CCc1ccsc1CNS(=O)(=O)c1cc(C)c(F)c(N)c1. The van der Waals surface area contributed by atoms with Gasteiger partial charge in [-0.25, -0.2) is 17.5 Å². The minimum atomic E-state index is -3.71. The molecule has 0 saturated carbocycles. The molecule has 114 valence electrons. The Balaban J connectivity index is 2.23. The number of hydrogen-bond acceptors (Lipinski definition) is 4. The lowest BCUT2D eigenvalue weighted by Gasteiger charge is -2.09. The topological polar surface area (TPSA) is 72.2 Å². The summed E-state index contributed by atoms with van der Waals surface area (Å²) in [5.41, 5.74) is 6.66. The third kappa shape index (κ3) is 3.42. The van der Waals surface area contributed by atoms with Gasteiger partial charge in [-0.05, 0) is 48.1 Å². The van der Waals surface area contributed by atoms with Crippen LogP contribution in [0.1, 0.15) is 22.9 Å². The lowest BCUT2D eigenvalue weighted by Crippen LogP contribution is -2.23. The number of hydrogen-bond donors (Lipinski definition) is 2. The predicted octanol–water partition coefficient (Wildman–Crippen LogP) is 2.82. The van der Waals surface area contributed by atoms with Crippen LogP contribution in [0.15, 0.2) is 28.5 Å². The molecular weight excluding hydrogens is 311 g/mol. The van der Waals surface area contributed by atoms with Gasteiger partial charge in [-0.1, -0.05) is 6.92 Å². The van der Waals surface area contributed by atoms with Crippen LogP contribution in [-0.4, -0.2) is 8.42 Å². The molecule has 0 aliphatic carbocycles. The highest BCUT2D eigenvalue weighted by molar-refractivity contribution is 7.89. The average molecular weight is 328 g/mol. The lowest BCUT2D eigenvalue weighted by molar-refractivity contribution is 0.580. The molecule has 2 rings (SSSR count). The van der Waals surface area contributed by atoms with Gasteiger partial charge < -0.3 is 5.73 Å². The van der Waals surface area contributed by atoms with Crippen LogP contribution >= 0.6 is 11.3 Å². The Hall–Kier alpha value is -1.44. The fourth-order valence-corrected chi connectivity index (χ4v) is 4.12. The maximum atomic E-state index is 13.5. The van der Waals surface area contributed by atoms with E-state index in [2.05, 4.69) is 4.72 Å². The highest BCUT2D eigenvalue weighted by atomic mass is 32.2. The maximum Gasteiger partial charge on any atom is 0.240 e. The molecule has 0 amide bonds. The highest BCUT2D eigenvalue weighted by Gasteiger charge is 2.18. The Morgan fingerprint density at radius 2 is 2.10 bits per heavy atom. The summed E-state index contributed by atoms with van der Waals surface area (Å²) in [7, 11) is -3.71. The zero-order chi connectivity index (χ0) is 15.6. The van der Waals surface area contributed by atoms with E-state index in [9.17, 15) is 12.8 Å². The molecular formula is C14H17FN2O2S2. The third-order valence-electron chi connectivity index (χ3n) is 3.21. The smallest absolute Gasteiger partial charge is 0.240 e. The molecule has 1 aromatic carbocycles. The molecule has 4 nitrogen and oxygen atoms in total. The molecule has 7 heteroatoms. The van der Waals surface area contributed by atoms with Crippen molar-refractivity contribution in [3.63, 3.8) is 0 Å². The fourth-order valence-electron chi connectivity index (χ4n) is 2.00.